The Morgan fingerprint density at radius 3 is 0.913 bits per heavy atom. The highest BCUT2D eigenvalue weighted by atomic mass is 16.6. The molecule has 0 spiro atoms. The molecule has 6 heteroatoms. The highest BCUT2D eigenvalue weighted by Crippen LogP contribution is 2.15. The number of carbonyl (C=O) groups excluding carboxylic acids is 3. The van der Waals surface area contributed by atoms with Gasteiger partial charge in [0.25, 0.3) is 0 Å². The quantitative estimate of drug-likeness (QED) is 0.0262. The molecule has 0 aromatic carbocycles. The second-order valence-corrected chi connectivity index (χ2v) is 19.2. The molecule has 0 amide bonds. The van der Waals surface area contributed by atoms with Gasteiger partial charge in [0.2, 0.25) is 0 Å². The smallest absolute Gasteiger partial charge is 0.306 e. The van der Waals surface area contributed by atoms with Crippen molar-refractivity contribution in [3.8, 4) is 0 Å². The second-order valence-electron chi connectivity index (χ2n) is 19.2. The van der Waals surface area contributed by atoms with Gasteiger partial charge in [0.1, 0.15) is 13.2 Å². The summed E-state index contributed by atoms with van der Waals surface area (Å²) in [6.07, 6.45) is 74.3. The fourth-order valence-electron chi connectivity index (χ4n) is 8.03. The third-order valence-electron chi connectivity index (χ3n) is 12.4. The van der Waals surface area contributed by atoms with Gasteiger partial charge in [-0.15, -0.1) is 0 Å². The van der Waals surface area contributed by atoms with E-state index >= 15 is 0 Å². The number of esters is 3. The lowest BCUT2D eigenvalue weighted by Crippen LogP contribution is -2.30. The molecule has 1 unspecified atom stereocenters. The van der Waals surface area contributed by atoms with Crippen molar-refractivity contribution in [2.24, 2.45) is 0 Å². The van der Waals surface area contributed by atoms with Crippen LogP contribution in [0.2, 0.25) is 0 Å². The summed E-state index contributed by atoms with van der Waals surface area (Å²) in [7, 11) is 0. The van der Waals surface area contributed by atoms with E-state index < -0.39 is 6.10 Å². The molecule has 1 atom stereocenters. The van der Waals surface area contributed by atoms with Gasteiger partial charge in [0, 0.05) is 19.3 Å². The molecule has 0 saturated carbocycles. The van der Waals surface area contributed by atoms with Crippen LogP contribution in [0.4, 0.5) is 0 Å². The standard InChI is InChI=1S/C63H108O6/c1-4-7-10-13-16-19-22-24-25-26-27-28-29-30-31-32-33-34-35-36-37-39-41-44-47-50-53-56-62(65)68-59-60(58-67-61(64)55-52-49-46-43-40-21-18-15-12-9-6-3)69-63(66)57-54-51-48-45-42-38-23-20-17-14-11-8-5-2/h7,10,16,19-20,23-25,27-28,30-31,33-34,60H,4-6,8-9,11-15,17-18,21-22,26,29,32,35-59H2,1-3H3/b10-7-,19-16-,23-20-,25-24-,28-27-,31-30-,34-33-. The van der Waals surface area contributed by atoms with Gasteiger partial charge < -0.3 is 14.2 Å². The zero-order valence-corrected chi connectivity index (χ0v) is 45.3. The third kappa shape index (κ3) is 55.4. The van der Waals surface area contributed by atoms with Crippen molar-refractivity contribution in [2.45, 2.75) is 284 Å². The van der Waals surface area contributed by atoms with Crippen LogP contribution in [0.3, 0.4) is 0 Å². The molecule has 0 saturated heterocycles. The van der Waals surface area contributed by atoms with Crippen molar-refractivity contribution in [2.75, 3.05) is 13.2 Å². The molecule has 0 aliphatic carbocycles. The van der Waals surface area contributed by atoms with Crippen molar-refractivity contribution in [3.63, 3.8) is 0 Å². The molecule has 0 heterocycles. The SMILES string of the molecule is CC/C=C\C/C=C\C/C=C\C/C=C\C/C=C\C/C=C\CCCCCCCCCCC(=O)OCC(COC(=O)CCCCCCCCCCCCC)OC(=O)CCCCCCC/C=C\CCCCCC. The van der Waals surface area contributed by atoms with E-state index in [0.29, 0.717) is 19.3 Å². The normalized spacial score (nSPS) is 12.7. The zero-order chi connectivity index (χ0) is 50.0. The van der Waals surface area contributed by atoms with Crippen LogP contribution in [0.5, 0.6) is 0 Å². The van der Waals surface area contributed by atoms with Crippen molar-refractivity contribution in [1.82, 2.24) is 0 Å². The largest absolute Gasteiger partial charge is 0.462 e. The molecule has 6 nitrogen and oxygen atoms in total. The van der Waals surface area contributed by atoms with E-state index in [0.717, 1.165) is 116 Å². The van der Waals surface area contributed by atoms with Gasteiger partial charge in [-0.25, -0.2) is 0 Å². The van der Waals surface area contributed by atoms with Crippen molar-refractivity contribution < 1.29 is 28.6 Å². The molecule has 0 aromatic heterocycles. The monoisotopic (exact) mass is 961 g/mol. The summed E-state index contributed by atoms with van der Waals surface area (Å²) < 4.78 is 16.8. The summed E-state index contributed by atoms with van der Waals surface area (Å²) in [5.41, 5.74) is 0. The lowest BCUT2D eigenvalue weighted by Gasteiger charge is -2.18. The average molecular weight is 962 g/mol. The molecule has 0 bridgehead atoms. The van der Waals surface area contributed by atoms with Crippen LogP contribution in [0.25, 0.3) is 0 Å². The van der Waals surface area contributed by atoms with E-state index in [1.807, 2.05) is 0 Å². The number of rotatable bonds is 52. The van der Waals surface area contributed by atoms with Crippen LogP contribution in [-0.4, -0.2) is 37.2 Å². The molecule has 0 aromatic rings. The molecular formula is C63H108O6. The first-order valence-electron chi connectivity index (χ1n) is 29.1. The molecule has 0 rings (SSSR count). The van der Waals surface area contributed by atoms with E-state index in [1.54, 1.807) is 0 Å². The van der Waals surface area contributed by atoms with Gasteiger partial charge in [-0.05, 0) is 96.3 Å². The summed E-state index contributed by atoms with van der Waals surface area (Å²) in [5, 5.41) is 0. The van der Waals surface area contributed by atoms with Crippen LogP contribution >= 0.6 is 0 Å². The maximum atomic E-state index is 12.8. The lowest BCUT2D eigenvalue weighted by atomic mass is 10.1. The number of unbranched alkanes of at least 4 members (excludes halogenated alkanes) is 27. The topological polar surface area (TPSA) is 78.9 Å². The molecule has 0 N–H and O–H groups in total. The highest BCUT2D eigenvalue weighted by Gasteiger charge is 2.19. The van der Waals surface area contributed by atoms with Gasteiger partial charge in [0.05, 0.1) is 0 Å². The Labute approximate surface area is 426 Å². The molecule has 0 aliphatic rings. The van der Waals surface area contributed by atoms with E-state index in [4.69, 9.17) is 14.2 Å². The minimum atomic E-state index is -0.782. The Balaban J connectivity index is 4.26. The van der Waals surface area contributed by atoms with Gasteiger partial charge in [-0.2, -0.15) is 0 Å². The maximum absolute atomic E-state index is 12.8. The Morgan fingerprint density at radius 1 is 0.304 bits per heavy atom. The molecule has 396 valence electrons. The predicted molar refractivity (Wildman–Crippen MR) is 297 cm³/mol. The maximum Gasteiger partial charge on any atom is 0.306 e. The number of allylic oxidation sites excluding steroid dienone is 14. The summed E-state index contributed by atoms with van der Waals surface area (Å²) >= 11 is 0. The van der Waals surface area contributed by atoms with Crippen LogP contribution in [0.15, 0.2) is 85.1 Å². The fraction of sp³-hybridized carbons (Fsp3) is 0.730. The van der Waals surface area contributed by atoms with Crippen LogP contribution in [0, 0.1) is 0 Å². The molecular weight excluding hydrogens is 853 g/mol. The average Bonchev–Trinajstić information content (AvgIpc) is 3.35. The number of carbonyl (C=O) groups is 3. The second kappa shape index (κ2) is 57.2. The van der Waals surface area contributed by atoms with Crippen molar-refractivity contribution in [3.05, 3.63) is 85.1 Å². The minimum Gasteiger partial charge on any atom is -0.462 e. The van der Waals surface area contributed by atoms with Gasteiger partial charge in [-0.1, -0.05) is 247 Å². The summed E-state index contributed by atoms with van der Waals surface area (Å²) in [6, 6.07) is 0. The van der Waals surface area contributed by atoms with Gasteiger partial charge in [0.15, 0.2) is 6.10 Å². The summed E-state index contributed by atoms with van der Waals surface area (Å²) in [5.74, 6) is -0.893. The first-order chi connectivity index (χ1) is 34.0. The molecule has 0 aliphatic heterocycles. The number of hydrogen-bond donors (Lipinski definition) is 0. The third-order valence-corrected chi connectivity index (χ3v) is 12.4. The Bertz CT molecular complexity index is 1330. The van der Waals surface area contributed by atoms with E-state index in [9.17, 15) is 14.4 Å². The first-order valence-corrected chi connectivity index (χ1v) is 29.1. The fourth-order valence-corrected chi connectivity index (χ4v) is 8.03. The van der Waals surface area contributed by atoms with E-state index in [1.165, 1.54) is 122 Å². The highest BCUT2D eigenvalue weighted by molar-refractivity contribution is 5.71. The lowest BCUT2D eigenvalue weighted by molar-refractivity contribution is -0.167. The molecule has 0 radical (unpaired) electrons. The first kappa shape index (κ1) is 65.6. The van der Waals surface area contributed by atoms with Gasteiger partial charge in [-0.3, -0.25) is 14.4 Å². The Kier molecular flexibility index (Phi) is 54.3. The van der Waals surface area contributed by atoms with Crippen molar-refractivity contribution >= 4 is 17.9 Å². The summed E-state index contributed by atoms with van der Waals surface area (Å²) in [4.78, 5) is 38.1. The molecule has 69 heavy (non-hydrogen) atoms. The minimum absolute atomic E-state index is 0.0800. The van der Waals surface area contributed by atoms with E-state index in [-0.39, 0.29) is 31.1 Å². The Hall–Kier alpha value is -3.41. The number of ether oxygens (including phenoxy) is 3. The zero-order valence-electron chi connectivity index (χ0n) is 45.3. The molecule has 0 fully saturated rings. The van der Waals surface area contributed by atoms with Crippen LogP contribution in [-0.2, 0) is 28.6 Å². The van der Waals surface area contributed by atoms with Crippen LogP contribution < -0.4 is 0 Å². The summed E-state index contributed by atoms with van der Waals surface area (Å²) in [6.45, 7) is 6.50. The van der Waals surface area contributed by atoms with Crippen LogP contribution in [0.1, 0.15) is 278 Å². The predicted octanol–water partition coefficient (Wildman–Crippen LogP) is 19.5. The van der Waals surface area contributed by atoms with Crippen molar-refractivity contribution in [1.29, 1.82) is 0 Å². The Morgan fingerprint density at radius 2 is 0.565 bits per heavy atom. The van der Waals surface area contributed by atoms with E-state index in [2.05, 4.69) is 106 Å². The number of hydrogen-bond acceptors (Lipinski definition) is 6. The van der Waals surface area contributed by atoms with Gasteiger partial charge >= 0.3 is 17.9 Å².